The second-order valence-corrected chi connectivity index (χ2v) is 6.91. The highest BCUT2D eigenvalue weighted by molar-refractivity contribution is 6.07. The molecule has 2 aromatic heterocycles. The van der Waals surface area contributed by atoms with Crippen LogP contribution in [0.3, 0.4) is 0 Å². The number of ether oxygens (including phenoxy) is 1. The first-order chi connectivity index (χ1) is 11.7. The predicted molar refractivity (Wildman–Crippen MR) is 98.9 cm³/mol. The Balaban J connectivity index is 1.50. The van der Waals surface area contributed by atoms with Gasteiger partial charge in [0.2, 0.25) is 0 Å². The molecule has 0 radical (unpaired) electrons. The molecule has 126 valence electrons. The molecule has 4 nitrogen and oxygen atoms in total. The van der Waals surface area contributed by atoms with Crippen LogP contribution in [0, 0.1) is 13.8 Å². The molecule has 0 saturated carbocycles. The molecule has 3 heterocycles. The first kappa shape index (κ1) is 15.5. The second kappa shape index (κ2) is 6.44. The highest BCUT2D eigenvalue weighted by Gasteiger charge is 2.12. The third-order valence-corrected chi connectivity index (χ3v) is 4.99. The van der Waals surface area contributed by atoms with Crippen LogP contribution in [0.25, 0.3) is 21.8 Å². The van der Waals surface area contributed by atoms with E-state index in [0.717, 1.165) is 42.0 Å². The van der Waals surface area contributed by atoms with E-state index in [0.29, 0.717) is 0 Å². The van der Waals surface area contributed by atoms with Gasteiger partial charge in [-0.1, -0.05) is 0 Å². The summed E-state index contributed by atoms with van der Waals surface area (Å²) in [5, 5.41) is 2.40. The lowest BCUT2D eigenvalue weighted by molar-refractivity contribution is 0.262. The van der Waals surface area contributed by atoms with Gasteiger partial charge in [0.05, 0.1) is 12.1 Å². The van der Waals surface area contributed by atoms with Gasteiger partial charge in [0.15, 0.2) is 0 Å². The van der Waals surface area contributed by atoms with Crippen LogP contribution in [0.15, 0.2) is 24.4 Å². The van der Waals surface area contributed by atoms with Crippen LogP contribution in [-0.4, -0.2) is 41.1 Å². The minimum atomic E-state index is 0.781. The molecule has 0 atom stereocenters. The number of rotatable bonds is 5. The van der Waals surface area contributed by atoms with Crippen LogP contribution >= 0.6 is 0 Å². The summed E-state index contributed by atoms with van der Waals surface area (Å²) in [5.41, 5.74) is 4.48. The monoisotopic (exact) mass is 323 g/mol. The van der Waals surface area contributed by atoms with Crippen molar-refractivity contribution in [2.75, 3.05) is 26.2 Å². The number of aromatic amines is 1. The average Bonchev–Trinajstić information content (AvgIpc) is 3.18. The zero-order valence-corrected chi connectivity index (χ0v) is 14.6. The molecule has 1 aliphatic rings. The maximum atomic E-state index is 6.06. The Morgan fingerprint density at radius 1 is 1.08 bits per heavy atom. The number of nitrogens with zero attached hydrogens (tertiary/aromatic N) is 2. The van der Waals surface area contributed by atoms with Gasteiger partial charge in [0.1, 0.15) is 5.75 Å². The van der Waals surface area contributed by atoms with Crippen LogP contribution < -0.4 is 4.74 Å². The smallest absolute Gasteiger partial charge is 0.124 e. The normalized spacial score (nSPS) is 15.6. The fraction of sp³-hybridized carbons (Fsp3) is 0.450. The molecule has 0 amide bonds. The summed E-state index contributed by atoms with van der Waals surface area (Å²) in [6.07, 6.45) is 5.75. The average molecular weight is 323 g/mol. The van der Waals surface area contributed by atoms with Gasteiger partial charge in [0, 0.05) is 40.8 Å². The van der Waals surface area contributed by atoms with Gasteiger partial charge in [-0.15, -0.1) is 0 Å². The topological polar surface area (TPSA) is 41.1 Å². The van der Waals surface area contributed by atoms with Gasteiger partial charge >= 0.3 is 0 Å². The van der Waals surface area contributed by atoms with Crippen molar-refractivity contribution in [3.8, 4) is 5.75 Å². The molecule has 1 N–H and O–H groups in total. The van der Waals surface area contributed by atoms with E-state index in [9.17, 15) is 0 Å². The molecule has 1 aromatic carbocycles. The number of benzene rings is 1. The van der Waals surface area contributed by atoms with Gasteiger partial charge in [-0.05, 0) is 63.9 Å². The number of H-pyrrole nitrogens is 1. The quantitative estimate of drug-likeness (QED) is 0.716. The van der Waals surface area contributed by atoms with E-state index in [2.05, 4.69) is 40.0 Å². The van der Waals surface area contributed by atoms with Gasteiger partial charge in [-0.3, -0.25) is 4.98 Å². The number of aromatic nitrogens is 2. The molecule has 24 heavy (non-hydrogen) atoms. The Labute approximate surface area is 142 Å². The van der Waals surface area contributed by atoms with E-state index in [1.807, 2.05) is 13.1 Å². The first-order valence-corrected chi connectivity index (χ1v) is 8.94. The van der Waals surface area contributed by atoms with E-state index < -0.39 is 0 Å². The molecule has 4 heteroatoms. The van der Waals surface area contributed by atoms with E-state index in [1.54, 1.807) is 0 Å². The van der Waals surface area contributed by atoms with E-state index in [4.69, 9.17) is 4.74 Å². The standard InChI is InChI=1S/C20H25N3O/c1-14-10-16-17-13-21-15(2)11-18(17)22-19(16)12-20(14)24-9-5-8-23-6-3-4-7-23/h10-13,22H,3-9H2,1-2H3. The number of aryl methyl sites for hydroxylation is 2. The van der Waals surface area contributed by atoms with Crippen LogP contribution in [0.1, 0.15) is 30.5 Å². The van der Waals surface area contributed by atoms with Gasteiger partial charge < -0.3 is 14.6 Å². The zero-order valence-electron chi connectivity index (χ0n) is 14.6. The number of hydrogen-bond acceptors (Lipinski definition) is 3. The molecule has 0 unspecified atom stereocenters. The van der Waals surface area contributed by atoms with Crippen molar-refractivity contribution in [1.29, 1.82) is 0 Å². The molecular formula is C20H25N3O. The SMILES string of the molecule is Cc1cc2[nH]c3cc(OCCCN4CCCC4)c(C)cc3c2cn1. The summed E-state index contributed by atoms with van der Waals surface area (Å²) in [4.78, 5) is 10.5. The Morgan fingerprint density at radius 2 is 1.88 bits per heavy atom. The van der Waals surface area contributed by atoms with Crippen LogP contribution in [0.4, 0.5) is 0 Å². The molecule has 1 saturated heterocycles. The molecule has 4 rings (SSSR count). The van der Waals surface area contributed by atoms with Crippen LogP contribution in [-0.2, 0) is 0 Å². The molecule has 0 spiro atoms. The van der Waals surface area contributed by atoms with Crippen molar-refractivity contribution >= 4 is 21.8 Å². The maximum absolute atomic E-state index is 6.06. The summed E-state index contributed by atoms with van der Waals surface area (Å²) < 4.78 is 6.06. The van der Waals surface area contributed by atoms with Crippen molar-refractivity contribution in [3.63, 3.8) is 0 Å². The summed E-state index contributed by atoms with van der Waals surface area (Å²) in [6.45, 7) is 8.59. The third-order valence-electron chi connectivity index (χ3n) is 4.99. The zero-order chi connectivity index (χ0) is 16.5. The van der Waals surface area contributed by atoms with Gasteiger partial charge in [-0.2, -0.15) is 0 Å². The number of pyridine rings is 1. The van der Waals surface area contributed by atoms with Crippen molar-refractivity contribution in [2.24, 2.45) is 0 Å². The first-order valence-electron chi connectivity index (χ1n) is 8.94. The molecule has 0 aliphatic carbocycles. The molecule has 1 aliphatic heterocycles. The molecule has 0 bridgehead atoms. The van der Waals surface area contributed by atoms with Crippen LogP contribution in [0.2, 0.25) is 0 Å². The van der Waals surface area contributed by atoms with E-state index in [-0.39, 0.29) is 0 Å². The summed E-state index contributed by atoms with van der Waals surface area (Å²) >= 11 is 0. The second-order valence-electron chi connectivity index (χ2n) is 6.91. The van der Waals surface area contributed by atoms with E-state index in [1.165, 1.54) is 42.3 Å². The number of likely N-dealkylation sites (tertiary alicyclic amines) is 1. The van der Waals surface area contributed by atoms with Crippen LogP contribution in [0.5, 0.6) is 5.75 Å². The summed E-state index contributed by atoms with van der Waals surface area (Å²) in [5.74, 6) is 0.986. The Kier molecular flexibility index (Phi) is 4.15. The largest absolute Gasteiger partial charge is 0.493 e. The van der Waals surface area contributed by atoms with Gasteiger partial charge in [0.25, 0.3) is 0 Å². The highest BCUT2D eigenvalue weighted by Crippen LogP contribution is 2.31. The number of fused-ring (bicyclic) bond motifs is 3. The molecular weight excluding hydrogens is 298 g/mol. The summed E-state index contributed by atoms with van der Waals surface area (Å²) in [7, 11) is 0. The fourth-order valence-electron chi connectivity index (χ4n) is 3.67. The van der Waals surface area contributed by atoms with Crippen molar-refractivity contribution in [1.82, 2.24) is 14.9 Å². The molecule has 3 aromatic rings. The lowest BCUT2D eigenvalue weighted by Crippen LogP contribution is -2.21. The Morgan fingerprint density at radius 3 is 2.71 bits per heavy atom. The number of hydrogen-bond donors (Lipinski definition) is 1. The highest BCUT2D eigenvalue weighted by atomic mass is 16.5. The fourth-order valence-corrected chi connectivity index (χ4v) is 3.67. The summed E-state index contributed by atoms with van der Waals surface area (Å²) in [6, 6.07) is 6.44. The minimum absolute atomic E-state index is 0.781. The van der Waals surface area contributed by atoms with E-state index >= 15 is 0 Å². The van der Waals surface area contributed by atoms with Crippen molar-refractivity contribution in [2.45, 2.75) is 33.1 Å². The lowest BCUT2D eigenvalue weighted by atomic mass is 10.1. The lowest BCUT2D eigenvalue weighted by Gasteiger charge is -2.15. The third kappa shape index (κ3) is 2.98. The Hall–Kier alpha value is -2.07. The number of nitrogens with one attached hydrogen (secondary N) is 1. The van der Waals surface area contributed by atoms with Crippen molar-refractivity contribution in [3.05, 3.63) is 35.7 Å². The predicted octanol–water partition coefficient (Wildman–Crippen LogP) is 4.20. The van der Waals surface area contributed by atoms with Crippen molar-refractivity contribution < 1.29 is 4.74 Å². The molecule has 1 fully saturated rings. The van der Waals surface area contributed by atoms with Gasteiger partial charge in [-0.25, -0.2) is 0 Å². The minimum Gasteiger partial charge on any atom is -0.493 e. The maximum Gasteiger partial charge on any atom is 0.124 e. The Bertz CT molecular complexity index is 862.